The summed E-state index contributed by atoms with van der Waals surface area (Å²) in [5.41, 5.74) is 2.89. The lowest BCUT2D eigenvalue weighted by Crippen LogP contribution is -2.47. The first-order valence-corrected chi connectivity index (χ1v) is 7.60. The molecule has 1 atom stereocenters. The number of aryl methyl sites for hydroxylation is 1. The number of imidazole rings is 1. The van der Waals surface area contributed by atoms with Gasteiger partial charge in [0.25, 0.3) is 0 Å². The van der Waals surface area contributed by atoms with Gasteiger partial charge in [-0.15, -0.1) is 0 Å². The van der Waals surface area contributed by atoms with E-state index in [1.165, 1.54) is 12.1 Å². The van der Waals surface area contributed by atoms with Crippen LogP contribution in [0.25, 0.3) is 0 Å². The number of halogens is 1. The third kappa shape index (κ3) is 3.27. The molecule has 0 saturated heterocycles. The van der Waals surface area contributed by atoms with Crippen LogP contribution in [0.3, 0.4) is 0 Å². The topological polar surface area (TPSA) is 47.4 Å². The van der Waals surface area contributed by atoms with Gasteiger partial charge < -0.3 is 14.2 Å². The predicted molar refractivity (Wildman–Crippen MR) is 83.2 cm³/mol. The molecule has 1 aromatic carbocycles. The fourth-order valence-electron chi connectivity index (χ4n) is 3.03. The maximum Gasteiger partial charge on any atom is 0.227 e. The van der Waals surface area contributed by atoms with Crippen molar-refractivity contribution < 1.29 is 13.9 Å². The second kappa shape index (κ2) is 6.50. The van der Waals surface area contributed by atoms with Crippen LogP contribution in [0.4, 0.5) is 4.39 Å². The average molecular weight is 317 g/mol. The van der Waals surface area contributed by atoms with Crippen molar-refractivity contribution in [1.82, 2.24) is 14.5 Å². The highest BCUT2D eigenvalue weighted by Crippen LogP contribution is 2.23. The van der Waals surface area contributed by atoms with E-state index in [9.17, 15) is 9.18 Å². The lowest BCUT2D eigenvalue weighted by atomic mass is 10.0. The number of hydrogen-bond donors (Lipinski definition) is 0. The summed E-state index contributed by atoms with van der Waals surface area (Å²) < 4.78 is 20.3. The van der Waals surface area contributed by atoms with Gasteiger partial charge in [0.2, 0.25) is 5.91 Å². The van der Waals surface area contributed by atoms with Gasteiger partial charge in [-0.1, -0.05) is 12.1 Å². The molecule has 0 N–H and O–H groups in total. The molecule has 6 heteroatoms. The van der Waals surface area contributed by atoms with E-state index in [0.29, 0.717) is 13.2 Å². The number of amides is 1. The normalized spacial score (nSPS) is 17.2. The Morgan fingerprint density at radius 3 is 2.83 bits per heavy atom. The monoisotopic (exact) mass is 317 g/mol. The van der Waals surface area contributed by atoms with Crippen LogP contribution in [0, 0.1) is 5.82 Å². The Hall–Kier alpha value is -2.21. The minimum Gasteiger partial charge on any atom is -0.383 e. The summed E-state index contributed by atoms with van der Waals surface area (Å²) in [7, 11) is 3.60. The molecule has 0 radical (unpaired) electrons. The molecular weight excluding hydrogens is 297 g/mol. The van der Waals surface area contributed by atoms with Crippen LogP contribution in [0.2, 0.25) is 0 Å². The van der Waals surface area contributed by atoms with Crippen LogP contribution in [0.15, 0.2) is 30.6 Å². The van der Waals surface area contributed by atoms with E-state index in [1.54, 1.807) is 25.6 Å². The highest BCUT2D eigenvalue weighted by Gasteiger charge is 2.31. The van der Waals surface area contributed by atoms with Gasteiger partial charge in [-0.2, -0.15) is 0 Å². The van der Waals surface area contributed by atoms with Crippen molar-refractivity contribution in [3.8, 4) is 0 Å². The van der Waals surface area contributed by atoms with E-state index in [1.807, 2.05) is 16.5 Å². The first-order valence-electron chi connectivity index (χ1n) is 7.60. The molecule has 0 fully saturated rings. The summed E-state index contributed by atoms with van der Waals surface area (Å²) in [6, 6.07) is 6.05. The zero-order valence-corrected chi connectivity index (χ0v) is 13.3. The summed E-state index contributed by atoms with van der Waals surface area (Å²) in [6.45, 7) is 0.976. The quantitative estimate of drug-likeness (QED) is 0.862. The van der Waals surface area contributed by atoms with Crippen LogP contribution in [0.5, 0.6) is 0 Å². The van der Waals surface area contributed by atoms with Crippen LogP contribution >= 0.6 is 0 Å². The number of nitrogens with zero attached hydrogens (tertiary/aromatic N) is 3. The summed E-state index contributed by atoms with van der Waals surface area (Å²) in [5, 5.41) is 0. The molecule has 2 aromatic rings. The van der Waals surface area contributed by atoms with Crippen LogP contribution in [-0.2, 0) is 36.0 Å². The van der Waals surface area contributed by atoms with Crippen molar-refractivity contribution in [3.05, 3.63) is 53.4 Å². The van der Waals surface area contributed by atoms with Crippen LogP contribution < -0.4 is 0 Å². The number of carbonyl (C=O) groups is 1. The Morgan fingerprint density at radius 2 is 2.13 bits per heavy atom. The number of carbonyl (C=O) groups excluding carboxylic acids is 1. The van der Waals surface area contributed by atoms with E-state index in [4.69, 9.17) is 4.74 Å². The van der Waals surface area contributed by atoms with Gasteiger partial charge in [-0.05, 0) is 17.7 Å². The Labute approximate surface area is 134 Å². The lowest BCUT2D eigenvalue weighted by molar-refractivity contribution is -0.135. The van der Waals surface area contributed by atoms with Gasteiger partial charge in [0.15, 0.2) is 0 Å². The minimum atomic E-state index is -0.297. The molecule has 1 aliphatic heterocycles. The molecule has 2 heterocycles. The number of benzene rings is 1. The summed E-state index contributed by atoms with van der Waals surface area (Å²) in [6.07, 6.45) is 2.76. The number of ether oxygens (including phenoxy) is 1. The molecule has 23 heavy (non-hydrogen) atoms. The summed E-state index contributed by atoms with van der Waals surface area (Å²) in [4.78, 5) is 18.9. The molecule has 1 aliphatic rings. The molecule has 0 unspecified atom stereocenters. The van der Waals surface area contributed by atoms with E-state index in [-0.39, 0.29) is 24.2 Å². The Kier molecular flexibility index (Phi) is 4.43. The third-order valence-corrected chi connectivity index (χ3v) is 4.28. The SMILES string of the molecule is COC[C@H]1Cc2c(ncn2C)CN1C(=O)Cc1ccc(F)cc1. The maximum absolute atomic E-state index is 13.0. The van der Waals surface area contributed by atoms with Crippen molar-refractivity contribution in [2.24, 2.45) is 7.05 Å². The fraction of sp³-hybridized carbons (Fsp3) is 0.412. The van der Waals surface area contributed by atoms with Crippen molar-refractivity contribution in [1.29, 1.82) is 0 Å². The number of aromatic nitrogens is 2. The van der Waals surface area contributed by atoms with Crippen molar-refractivity contribution in [2.45, 2.75) is 25.4 Å². The Morgan fingerprint density at radius 1 is 1.39 bits per heavy atom. The van der Waals surface area contributed by atoms with Gasteiger partial charge in [0.05, 0.1) is 37.6 Å². The van der Waals surface area contributed by atoms with Crippen LogP contribution in [-0.4, -0.2) is 40.1 Å². The summed E-state index contributed by atoms with van der Waals surface area (Å²) in [5.74, 6) is -0.287. The maximum atomic E-state index is 13.0. The highest BCUT2D eigenvalue weighted by atomic mass is 19.1. The molecule has 1 aromatic heterocycles. The summed E-state index contributed by atoms with van der Waals surface area (Å²) >= 11 is 0. The molecule has 0 saturated carbocycles. The van der Waals surface area contributed by atoms with Crippen LogP contribution in [0.1, 0.15) is 17.0 Å². The second-order valence-electron chi connectivity index (χ2n) is 5.89. The van der Waals surface area contributed by atoms with E-state index >= 15 is 0 Å². The molecule has 122 valence electrons. The standard InChI is InChI=1S/C17H20FN3O2/c1-20-11-19-15-9-21(14(10-23-2)8-16(15)20)17(22)7-12-3-5-13(18)6-4-12/h3-6,11,14H,7-10H2,1-2H3/t14-/m1/s1. The van der Waals surface area contributed by atoms with Gasteiger partial charge in [0, 0.05) is 26.3 Å². The number of hydrogen-bond acceptors (Lipinski definition) is 3. The number of methoxy groups -OCH3 is 1. The first-order chi connectivity index (χ1) is 11.1. The van der Waals surface area contributed by atoms with E-state index in [0.717, 1.165) is 23.4 Å². The van der Waals surface area contributed by atoms with E-state index < -0.39 is 0 Å². The lowest BCUT2D eigenvalue weighted by Gasteiger charge is -2.35. The van der Waals surface area contributed by atoms with Gasteiger partial charge in [-0.25, -0.2) is 9.37 Å². The molecule has 3 rings (SSSR count). The zero-order valence-electron chi connectivity index (χ0n) is 13.3. The Balaban J connectivity index is 1.78. The molecular formula is C17H20FN3O2. The number of fused-ring (bicyclic) bond motifs is 1. The molecule has 1 amide bonds. The van der Waals surface area contributed by atoms with Gasteiger partial charge in [-0.3, -0.25) is 4.79 Å². The van der Waals surface area contributed by atoms with Gasteiger partial charge >= 0.3 is 0 Å². The molecule has 0 spiro atoms. The predicted octanol–water partition coefficient (Wildman–Crippen LogP) is 1.70. The third-order valence-electron chi connectivity index (χ3n) is 4.28. The smallest absolute Gasteiger partial charge is 0.227 e. The van der Waals surface area contributed by atoms with Crippen molar-refractivity contribution >= 4 is 5.91 Å². The molecule has 0 bridgehead atoms. The zero-order chi connectivity index (χ0) is 16.4. The number of rotatable bonds is 4. The fourth-order valence-corrected chi connectivity index (χ4v) is 3.03. The molecule has 0 aliphatic carbocycles. The van der Waals surface area contributed by atoms with Crippen molar-refractivity contribution in [3.63, 3.8) is 0 Å². The van der Waals surface area contributed by atoms with Gasteiger partial charge in [0.1, 0.15) is 5.82 Å². The largest absolute Gasteiger partial charge is 0.383 e. The average Bonchev–Trinajstić information content (AvgIpc) is 2.90. The molecule has 5 nitrogen and oxygen atoms in total. The Bertz CT molecular complexity index is 696. The highest BCUT2D eigenvalue weighted by molar-refractivity contribution is 5.79. The van der Waals surface area contributed by atoms with E-state index in [2.05, 4.69) is 4.98 Å². The van der Waals surface area contributed by atoms with Crippen molar-refractivity contribution in [2.75, 3.05) is 13.7 Å². The first kappa shape index (κ1) is 15.7. The second-order valence-corrected chi connectivity index (χ2v) is 5.89. The minimum absolute atomic E-state index is 0.00384.